The minimum absolute atomic E-state index is 0.0341. The van der Waals surface area contributed by atoms with Gasteiger partial charge < -0.3 is 9.88 Å². The number of carbonyl (C=O) groups excluding carboxylic acids is 1. The van der Waals surface area contributed by atoms with Gasteiger partial charge in [0.05, 0.1) is 0 Å². The van der Waals surface area contributed by atoms with Crippen molar-refractivity contribution in [2.24, 2.45) is 5.92 Å². The number of aromatic amines is 1. The molecular weight excluding hydrogens is 342 g/mol. The summed E-state index contributed by atoms with van der Waals surface area (Å²) in [6.07, 6.45) is 7.50. The van der Waals surface area contributed by atoms with Crippen molar-refractivity contribution < 1.29 is 13.2 Å². The average Bonchev–Trinajstić information content (AvgIpc) is 3.05. The van der Waals surface area contributed by atoms with Gasteiger partial charge in [-0.3, -0.25) is 14.2 Å². The molecule has 2 aromatic rings. The van der Waals surface area contributed by atoms with Gasteiger partial charge in [-0.05, 0) is 37.7 Å². The Balaban J connectivity index is 1.46. The van der Waals surface area contributed by atoms with E-state index in [9.17, 15) is 13.2 Å². The highest BCUT2D eigenvalue weighted by molar-refractivity contribution is 7.92. The van der Waals surface area contributed by atoms with Crippen LogP contribution in [-0.2, 0) is 16.6 Å². The number of amides is 1. The average molecular weight is 363 g/mol. The predicted octanol–water partition coefficient (Wildman–Crippen LogP) is 1.66. The lowest BCUT2D eigenvalue weighted by Gasteiger charge is -2.13. The molecule has 2 N–H and O–H groups in total. The second-order valence-electron chi connectivity index (χ2n) is 6.72. The Kier molecular flexibility index (Phi) is 4.03. The molecule has 0 bridgehead atoms. The molecule has 1 saturated carbocycles. The summed E-state index contributed by atoms with van der Waals surface area (Å²) in [6.45, 7) is 2.26. The van der Waals surface area contributed by atoms with E-state index in [0.717, 1.165) is 32.5 Å². The Labute approximate surface area is 146 Å². The van der Waals surface area contributed by atoms with Gasteiger partial charge in [-0.15, -0.1) is 0 Å². The number of hydrogen-bond donors (Lipinski definition) is 2. The molecule has 2 aliphatic rings. The van der Waals surface area contributed by atoms with Gasteiger partial charge in [-0.25, -0.2) is 8.42 Å². The first kappa shape index (κ1) is 16.2. The van der Waals surface area contributed by atoms with Crippen LogP contribution in [0.4, 0.5) is 5.82 Å². The van der Waals surface area contributed by atoms with Crippen LogP contribution in [0.15, 0.2) is 29.4 Å². The molecule has 1 amide bonds. The predicted molar refractivity (Wildman–Crippen MR) is 91.7 cm³/mol. The van der Waals surface area contributed by atoms with E-state index in [0.29, 0.717) is 11.6 Å². The number of aromatic nitrogens is 3. The highest BCUT2D eigenvalue weighted by Gasteiger charge is 2.25. The minimum Gasteiger partial charge on any atom is -0.356 e. The van der Waals surface area contributed by atoms with E-state index in [1.54, 1.807) is 21.8 Å². The van der Waals surface area contributed by atoms with E-state index in [-0.39, 0.29) is 16.6 Å². The fraction of sp³-hybridized carbons (Fsp3) is 0.500. The number of sulfonamides is 1. The van der Waals surface area contributed by atoms with Crippen molar-refractivity contribution in [3.63, 3.8) is 0 Å². The summed E-state index contributed by atoms with van der Waals surface area (Å²) in [7, 11) is -3.78. The fourth-order valence-corrected chi connectivity index (χ4v) is 4.01. The van der Waals surface area contributed by atoms with E-state index >= 15 is 0 Å². The van der Waals surface area contributed by atoms with Crippen LogP contribution in [0.1, 0.15) is 36.2 Å². The van der Waals surface area contributed by atoms with Crippen molar-refractivity contribution in [1.82, 2.24) is 19.7 Å². The van der Waals surface area contributed by atoms with Crippen LogP contribution in [0.5, 0.6) is 0 Å². The summed E-state index contributed by atoms with van der Waals surface area (Å²) >= 11 is 0. The van der Waals surface area contributed by atoms with Crippen molar-refractivity contribution in [1.29, 1.82) is 0 Å². The molecule has 0 atom stereocenters. The monoisotopic (exact) mass is 363 g/mol. The molecule has 2 aromatic heterocycles. The topological polar surface area (TPSA) is 100 Å². The summed E-state index contributed by atoms with van der Waals surface area (Å²) in [5, 5.41) is 4.25. The standard InChI is InChI=1S/C16H21N5O3S/c22-16(20-6-1-2-7-20)14-9-13(10-17-14)25(23,24)19-15-5-8-21(18-15)11-12-3-4-12/h5,8-10,12,17H,1-4,6-7,11H2,(H,18,19). The number of nitrogens with zero attached hydrogens (tertiary/aromatic N) is 3. The Morgan fingerprint density at radius 2 is 2.08 bits per heavy atom. The van der Waals surface area contributed by atoms with Crippen LogP contribution in [0.25, 0.3) is 0 Å². The second kappa shape index (κ2) is 6.21. The van der Waals surface area contributed by atoms with Gasteiger partial charge in [-0.2, -0.15) is 5.10 Å². The maximum Gasteiger partial charge on any atom is 0.270 e. The summed E-state index contributed by atoms with van der Waals surface area (Å²) in [4.78, 5) is 16.9. The van der Waals surface area contributed by atoms with Crippen molar-refractivity contribution in [2.75, 3.05) is 17.8 Å². The normalized spacial score (nSPS) is 17.8. The molecule has 1 aliphatic heterocycles. The number of H-pyrrole nitrogens is 1. The quantitative estimate of drug-likeness (QED) is 0.815. The van der Waals surface area contributed by atoms with Crippen molar-refractivity contribution in [3.8, 4) is 0 Å². The maximum absolute atomic E-state index is 12.5. The third-order valence-electron chi connectivity index (χ3n) is 4.61. The molecule has 25 heavy (non-hydrogen) atoms. The third kappa shape index (κ3) is 3.55. The largest absolute Gasteiger partial charge is 0.356 e. The van der Waals surface area contributed by atoms with Gasteiger partial charge >= 0.3 is 0 Å². The summed E-state index contributed by atoms with van der Waals surface area (Å²) in [6, 6.07) is 3.02. The van der Waals surface area contributed by atoms with E-state index in [4.69, 9.17) is 0 Å². The van der Waals surface area contributed by atoms with Crippen LogP contribution in [0.3, 0.4) is 0 Å². The van der Waals surface area contributed by atoms with Gasteiger partial charge in [-0.1, -0.05) is 0 Å². The van der Waals surface area contributed by atoms with E-state index < -0.39 is 10.0 Å². The highest BCUT2D eigenvalue weighted by Crippen LogP contribution is 2.30. The zero-order valence-corrected chi connectivity index (χ0v) is 14.6. The molecule has 1 saturated heterocycles. The number of likely N-dealkylation sites (tertiary alicyclic amines) is 1. The summed E-state index contributed by atoms with van der Waals surface area (Å²) in [5.41, 5.74) is 0.293. The smallest absolute Gasteiger partial charge is 0.270 e. The molecule has 3 heterocycles. The first-order valence-corrected chi connectivity index (χ1v) is 10.0. The van der Waals surface area contributed by atoms with Crippen LogP contribution in [0.2, 0.25) is 0 Å². The molecule has 0 radical (unpaired) electrons. The number of rotatable bonds is 6. The molecule has 4 rings (SSSR count). The van der Waals surface area contributed by atoms with E-state index in [2.05, 4.69) is 14.8 Å². The van der Waals surface area contributed by atoms with E-state index in [1.807, 2.05) is 0 Å². The molecule has 0 unspecified atom stereocenters. The summed E-state index contributed by atoms with van der Waals surface area (Å²) in [5.74, 6) is 0.787. The Hall–Kier alpha value is -2.29. The number of nitrogens with one attached hydrogen (secondary N) is 2. The Morgan fingerprint density at radius 3 is 2.80 bits per heavy atom. The zero-order chi connectivity index (χ0) is 17.4. The van der Waals surface area contributed by atoms with Gasteiger partial charge in [0.15, 0.2) is 5.82 Å². The lowest BCUT2D eigenvalue weighted by Crippen LogP contribution is -2.27. The Morgan fingerprint density at radius 1 is 1.32 bits per heavy atom. The molecular formula is C16H21N5O3S. The van der Waals surface area contributed by atoms with Gasteiger partial charge in [0.1, 0.15) is 10.6 Å². The molecule has 0 spiro atoms. The lowest BCUT2D eigenvalue weighted by molar-refractivity contribution is 0.0787. The van der Waals surface area contributed by atoms with Crippen LogP contribution in [-0.4, -0.2) is 47.1 Å². The van der Waals surface area contributed by atoms with Crippen molar-refractivity contribution in [3.05, 3.63) is 30.2 Å². The zero-order valence-electron chi connectivity index (χ0n) is 13.8. The van der Waals surface area contributed by atoms with Crippen LogP contribution < -0.4 is 4.72 Å². The van der Waals surface area contributed by atoms with Gasteiger partial charge in [0.2, 0.25) is 0 Å². The fourth-order valence-electron chi connectivity index (χ4n) is 3.02. The van der Waals surface area contributed by atoms with Gasteiger partial charge in [0.25, 0.3) is 15.9 Å². The minimum atomic E-state index is -3.78. The third-order valence-corrected chi connectivity index (χ3v) is 5.95. The molecule has 8 nitrogen and oxygen atoms in total. The number of anilines is 1. The molecule has 2 fully saturated rings. The molecule has 9 heteroatoms. The second-order valence-corrected chi connectivity index (χ2v) is 8.40. The first-order chi connectivity index (χ1) is 12.0. The van der Waals surface area contributed by atoms with Gasteiger partial charge in [0, 0.05) is 38.1 Å². The molecule has 0 aromatic carbocycles. The van der Waals surface area contributed by atoms with E-state index in [1.165, 1.54) is 25.1 Å². The Bertz CT molecular complexity index is 875. The number of hydrogen-bond acceptors (Lipinski definition) is 4. The molecule has 134 valence electrons. The van der Waals surface area contributed by atoms with Crippen molar-refractivity contribution >= 4 is 21.7 Å². The van der Waals surface area contributed by atoms with Crippen molar-refractivity contribution in [2.45, 2.75) is 37.1 Å². The van der Waals surface area contributed by atoms with Crippen LogP contribution >= 0.6 is 0 Å². The molecule has 1 aliphatic carbocycles. The van der Waals surface area contributed by atoms with Crippen LogP contribution in [0, 0.1) is 5.92 Å². The SMILES string of the molecule is O=C(c1cc(S(=O)(=O)Nc2ccn(CC3CC3)n2)c[nH]1)N1CCCC1. The first-order valence-electron chi connectivity index (χ1n) is 8.55. The maximum atomic E-state index is 12.5. The number of carbonyl (C=O) groups is 1. The highest BCUT2D eigenvalue weighted by atomic mass is 32.2. The summed E-state index contributed by atoms with van der Waals surface area (Å²) < 4.78 is 29.2. The lowest BCUT2D eigenvalue weighted by atomic mass is 10.4.